The highest BCUT2D eigenvalue weighted by atomic mass is 79.9. The molecule has 2 unspecified atom stereocenters. The molecule has 0 aliphatic rings. The Labute approximate surface area is 118 Å². The molecule has 0 radical (unpaired) electrons. The zero-order valence-electron chi connectivity index (χ0n) is 9.77. The summed E-state index contributed by atoms with van der Waals surface area (Å²) in [6.07, 6.45) is -0.228. The summed E-state index contributed by atoms with van der Waals surface area (Å²) in [5.41, 5.74) is 6.97. The molecule has 2 N–H and O–H groups in total. The van der Waals surface area contributed by atoms with Gasteiger partial charge in [-0.25, -0.2) is 4.39 Å². The minimum Gasteiger partial charge on any atom is -0.484 e. The molecule has 2 atom stereocenters. The smallest absolute Gasteiger partial charge is 0.139 e. The molecule has 0 aliphatic heterocycles. The van der Waals surface area contributed by atoms with Gasteiger partial charge >= 0.3 is 0 Å². The molecule has 1 heterocycles. The number of nitrogens with two attached hydrogens (primary N) is 1. The lowest BCUT2D eigenvalue weighted by atomic mass is 10.1. The van der Waals surface area contributed by atoms with E-state index in [-0.39, 0.29) is 18.0 Å². The van der Waals surface area contributed by atoms with Crippen molar-refractivity contribution >= 4 is 27.3 Å². The van der Waals surface area contributed by atoms with Crippen molar-refractivity contribution in [3.8, 4) is 5.75 Å². The quantitative estimate of drug-likeness (QED) is 0.915. The highest BCUT2D eigenvalue weighted by Crippen LogP contribution is 2.28. The molecule has 5 heteroatoms. The lowest BCUT2D eigenvalue weighted by Crippen LogP contribution is -2.28. The Morgan fingerprint density at radius 1 is 1.39 bits per heavy atom. The topological polar surface area (TPSA) is 35.2 Å². The summed E-state index contributed by atoms with van der Waals surface area (Å²) in [5.74, 6) is 0.284. The van der Waals surface area contributed by atoms with Crippen LogP contribution in [-0.2, 0) is 0 Å². The van der Waals surface area contributed by atoms with Crippen LogP contribution in [0.25, 0.3) is 0 Å². The van der Waals surface area contributed by atoms with E-state index >= 15 is 0 Å². The lowest BCUT2D eigenvalue weighted by Gasteiger charge is -2.22. The second kappa shape index (κ2) is 5.82. The van der Waals surface area contributed by atoms with Crippen LogP contribution in [0.1, 0.15) is 18.6 Å². The fourth-order valence-corrected chi connectivity index (χ4v) is 2.65. The zero-order chi connectivity index (χ0) is 13.1. The minimum atomic E-state index is -0.310. The summed E-state index contributed by atoms with van der Waals surface area (Å²) >= 11 is 4.73. The zero-order valence-corrected chi connectivity index (χ0v) is 12.2. The van der Waals surface area contributed by atoms with Crippen molar-refractivity contribution in [3.05, 3.63) is 50.9 Å². The summed E-state index contributed by atoms with van der Waals surface area (Å²) in [6, 6.07) is 6.41. The van der Waals surface area contributed by atoms with E-state index in [4.69, 9.17) is 10.5 Å². The number of hydrogen-bond donors (Lipinski definition) is 1. The molecule has 0 amide bonds. The molecule has 18 heavy (non-hydrogen) atoms. The Hall–Kier alpha value is -0.910. The van der Waals surface area contributed by atoms with Gasteiger partial charge in [-0.15, -0.1) is 0 Å². The molecule has 0 spiro atoms. The second-order valence-corrected chi connectivity index (χ2v) is 5.66. The summed E-state index contributed by atoms with van der Waals surface area (Å²) < 4.78 is 19.4. The van der Waals surface area contributed by atoms with Crippen molar-refractivity contribution < 1.29 is 9.13 Å². The van der Waals surface area contributed by atoms with Crippen LogP contribution in [0, 0.1) is 5.82 Å². The molecule has 0 saturated carbocycles. The first-order valence-electron chi connectivity index (χ1n) is 5.47. The van der Waals surface area contributed by atoms with Crippen LogP contribution in [0.3, 0.4) is 0 Å². The first-order chi connectivity index (χ1) is 8.58. The van der Waals surface area contributed by atoms with E-state index < -0.39 is 0 Å². The summed E-state index contributed by atoms with van der Waals surface area (Å²) in [6.45, 7) is 1.89. The van der Waals surface area contributed by atoms with E-state index in [2.05, 4.69) is 15.9 Å². The number of thiophene rings is 1. The van der Waals surface area contributed by atoms with Crippen molar-refractivity contribution in [1.29, 1.82) is 0 Å². The van der Waals surface area contributed by atoms with Crippen molar-refractivity contribution in [3.63, 3.8) is 0 Å². The molecule has 1 aromatic heterocycles. The molecular weight excluding hydrogens is 317 g/mol. The van der Waals surface area contributed by atoms with Crippen LogP contribution >= 0.6 is 27.3 Å². The predicted octanol–water partition coefficient (Wildman–Crippen LogP) is 4.12. The van der Waals surface area contributed by atoms with Crippen LogP contribution in [0.4, 0.5) is 4.39 Å². The number of benzene rings is 1. The monoisotopic (exact) mass is 329 g/mol. The van der Waals surface area contributed by atoms with E-state index in [1.54, 1.807) is 23.5 Å². The summed E-state index contributed by atoms with van der Waals surface area (Å²) in [5, 5.41) is 3.99. The average molecular weight is 330 g/mol. The van der Waals surface area contributed by atoms with Gasteiger partial charge in [0.05, 0.1) is 4.47 Å². The highest BCUT2D eigenvalue weighted by Gasteiger charge is 2.19. The van der Waals surface area contributed by atoms with Gasteiger partial charge in [0.15, 0.2) is 0 Å². The first kappa shape index (κ1) is 13.5. The van der Waals surface area contributed by atoms with Gasteiger partial charge in [0.1, 0.15) is 17.7 Å². The Morgan fingerprint density at radius 3 is 2.72 bits per heavy atom. The van der Waals surface area contributed by atoms with Gasteiger partial charge in [-0.1, -0.05) is 0 Å². The minimum absolute atomic E-state index is 0.150. The van der Waals surface area contributed by atoms with Crippen molar-refractivity contribution in [1.82, 2.24) is 0 Å². The third kappa shape index (κ3) is 3.10. The summed E-state index contributed by atoms with van der Waals surface area (Å²) in [7, 11) is 0. The third-order valence-electron chi connectivity index (χ3n) is 2.50. The second-order valence-electron chi connectivity index (χ2n) is 4.03. The van der Waals surface area contributed by atoms with Crippen molar-refractivity contribution in [2.24, 2.45) is 5.73 Å². The van der Waals surface area contributed by atoms with Gasteiger partial charge in [0, 0.05) is 11.6 Å². The van der Waals surface area contributed by atoms with E-state index in [0.29, 0.717) is 10.2 Å². The SMILES string of the molecule is CC(N)C(Oc1ccc(F)c(Br)c1)c1ccsc1. The highest BCUT2D eigenvalue weighted by molar-refractivity contribution is 9.10. The molecule has 0 saturated heterocycles. The largest absolute Gasteiger partial charge is 0.484 e. The molecule has 0 fully saturated rings. The lowest BCUT2D eigenvalue weighted by molar-refractivity contribution is 0.180. The number of halogens is 2. The van der Waals surface area contributed by atoms with Crippen LogP contribution in [0.15, 0.2) is 39.5 Å². The molecule has 0 aliphatic carbocycles. The third-order valence-corrected chi connectivity index (χ3v) is 3.81. The van der Waals surface area contributed by atoms with Crippen LogP contribution in [0.5, 0.6) is 5.75 Å². The maximum Gasteiger partial charge on any atom is 0.139 e. The van der Waals surface area contributed by atoms with Gasteiger partial charge < -0.3 is 10.5 Å². The summed E-state index contributed by atoms with van der Waals surface area (Å²) in [4.78, 5) is 0. The van der Waals surface area contributed by atoms with E-state index in [0.717, 1.165) is 5.56 Å². The van der Waals surface area contributed by atoms with E-state index in [1.165, 1.54) is 6.07 Å². The van der Waals surface area contributed by atoms with Gasteiger partial charge in [-0.05, 0) is 57.9 Å². The van der Waals surface area contributed by atoms with Crippen molar-refractivity contribution in [2.45, 2.75) is 19.1 Å². The maximum atomic E-state index is 13.1. The number of rotatable bonds is 4. The molecular formula is C13H13BrFNOS. The molecule has 96 valence electrons. The van der Waals surface area contributed by atoms with Gasteiger partial charge in [-0.3, -0.25) is 0 Å². The van der Waals surface area contributed by atoms with E-state index in [9.17, 15) is 4.39 Å². The molecule has 1 aromatic carbocycles. The number of hydrogen-bond acceptors (Lipinski definition) is 3. The van der Waals surface area contributed by atoms with Gasteiger partial charge in [0.2, 0.25) is 0 Å². The fraction of sp³-hybridized carbons (Fsp3) is 0.231. The first-order valence-corrected chi connectivity index (χ1v) is 7.21. The maximum absolute atomic E-state index is 13.1. The van der Waals surface area contributed by atoms with Crippen LogP contribution < -0.4 is 10.5 Å². The van der Waals surface area contributed by atoms with Crippen molar-refractivity contribution in [2.75, 3.05) is 0 Å². The average Bonchev–Trinajstić information content (AvgIpc) is 2.83. The van der Waals surface area contributed by atoms with Gasteiger partial charge in [0.25, 0.3) is 0 Å². The van der Waals surface area contributed by atoms with Crippen LogP contribution in [0.2, 0.25) is 0 Å². The molecule has 2 rings (SSSR count). The fourth-order valence-electron chi connectivity index (χ4n) is 1.61. The molecule has 0 bridgehead atoms. The van der Waals surface area contributed by atoms with Gasteiger partial charge in [-0.2, -0.15) is 11.3 Å². The Bertz CT molecular complexity index is 516. The Balaban J connectivity index is 2.21. The Kier molecular flexibility index (Phi) is 4.37. The standard InChI is InChI=1S/C13H13BrFNOS/c1-8(16)13(9-4-5-18-7-9)17-10-2-3-12(15)11(14)6-10/h2-8,13H,16H2,1H3. The van der Waals surface area contributed by atoms with E-state index in [1.807, 2.05) is 23.8 Å². The molecule has 2 aromatic rings. The predicted molar refractivity (Wildman–Crippen MR) is 75.4 cm³/mol. The number of ether oxygens (including phenoxy) is 1. The Morgan fingerprint density at radius 2 is 2.17 bits per heavy atom. The molecule has 2 nitrogen and oxygen atoms in total. The normalized spacial score (nSPS) is 14.2. The van der Waals surface area contributed by atoms with Crippen LogP contribution in [-0.4, -0.2) is 6.04 Å².